The van der Waals surface area contributed by atoms with E-state index in [4.69, 9.17) is 4.74 Å². The van der Waals surface area contributed by atoms with Crippen LogP contribution in [0.15, 0.2) is 30.3 Å². The van der Waals surface area contributed by atoms with E-state index in [1.807, 2.05) is 35.2 Å². The summed E-state index contributed by atoms with van der Waals surface area (Å²) in [4.78, 5) is 28.5. The van der Waals surface area contributed by atoms with Crippen molar-refractivity contribution in [2.45, 2.75) is 13.0 Å². The van der Waals surface area contributed by atoms with Crippen molar-refractivity contribution in [1.29, 1.82) is 0 Å². The zero-order valence-electron chi connectivity index (χ0n) is 13.9. The van der Waals surface area contributed by atoms with Gasteiger partial charge in [0, 0.05) is 26.2 Å². The summed E-state index contributed by atoms with van der Waals surface area (Å²) in [5.41, 5.74) is 1.09. The van der Waals surface area contributed by atoms with Gasteiger partial charge in [0.2, 0.25) is 11.8 Å². The van der Waals surface area contributed by atoms with Crippen LogP contribution in [-0.2, 0) is 20.9 Å². The normalized spacial score (nSPS) is 21.7. The first-order chi connectivity index (χ1) is 11.7. The predicted molar refractivity (Wildman–Crippen MR) is 90.2 cm³/mol. The van der Waals surface area contributed by atoms with E-state index in [2.05, 4.69) is 10.2 Å². The molecule has 24 heavy (non-hydrogen) atoms. The fourth-order valence-electron chi connectivity index (χ4n) is 3.28. The molecule has 1 atom stereocenters. The van der Waals surface area contributed by atoms with Crippen molar-refractivity contribution in [3.05, 3.63) is 35.9 Å². The van der Waals surface area contributed by atoms with Crippen molar-refractivity contribution >= 4 is 11.8 Å². The molecule has 0 bridgehead atoms. The Labute approximate surface area is 142 Å². The first-order valence-corrected chi connectivity index (χ1v) is 8.62. The number of nitrogens with one attached hydrogen (secondary N) is 1. The van der Waals surface area contributed by atoms with Gasteiger partial charge < -0.3 is 15.0 Å². The maximum atomic E-state index is 12.5. The molecule has 2 fully saturated rings. The van der Waals surface area contributed by atoms with Gasteiger partial charge in [0.1, 0.15) is 0 Å². The van der Waals surface area contributed by atoms with Crippen LogP contribution in [0.5, 0.6) is 0 Å². The van der Waals surface area contributed by atoms with Crippen LogP contribution in [0.3, 0.4) is 0 Å². The molecule has 1 N–H and O–H groups in total. The topological polar surface area (TPSA) is 61.9 Å². The highest BCUT2D eigenvalue weighted by Crippen LogP contribution is 2.19. The lowest BCUT2D eigenvalue weighted by atomic mass is 10.1. The van der Waals surface area contributed by atoms with E-state index in [1.54, 1.807) is 0 Å². The molecule has 2 amide bonds. The number of rotatable bonds is 5. The lowest BCUT2D eigenvalue weighted by Crippen LogP contribution is -2.44. The van der Waals surface area contributed by atoms with Gasteiger partial charge in [-0.05, 0) is 18.5 Å². The molecule has 6 nitrogen and oxygen atoms in total. The quantitative estimate of drug-likeness (QED) is 0.853. The van der Waals surface area contributed by atoms with E-state index < -0.39 is 0 Å². The van der Waals surface area contributed by atoms with Crippen LogP contribution in [0.25, 0.3) is 0 Å². The monoisotopic (exact) mass is 331 g/mol. The Bertz CT molecular complexity index is 558. The highest BCUT2D eigenvalue weighted by atomic mass is 16.5. The Kier molecular flexibility index (Phi) is 5.82. The summed E-state index contributed by atoms with van der Waals surface area (Å²) >= 11 is 0. The largest absolute Gasteiger partial charge is 0.378 e. The Hall–Kier alpha value is -1.92. The van der Waals surface area contributed by atoms with E-state index in [9.17, 15) is 9.59 Å². The number of morpholine rings is 1. The number of benzene rings is 1. The van der Waals surface area contributed by atoms with Crippen molar-refractivity contribution < 1.29 is 14.3 Å². The summed E-state index contributed by atoms with van der Waals surface area (Å²) in [5, 5.41) is 2.94. The molecule has 0 radical (unpaired) electrons. The van der Waals surface area contributed by atoms with Crippen LogP contribution in [-0.4, -0.2) is 67.6 Å². The van der Waals surface area contributed by atoms with Gasteiger partial charge in [-0.1, -0.05) is 30.3 Å². The fraction of sp³-hybridized carbons (Fsp3) is 0.556. The second-order valence-electron chi connectivity index (χ2n) is 6.42. The molecule has 0 aliphatic carbocycles. The average molecular weight is 331 g/mol. The van der Waals surface area contributed by atoms with Crippen molar-refractivity contribution in [3.63, 3.8) is 0 Å². The summed E-state index contributed by atoms with van der Waals surface area (Å²) < 4.78 is 5.29. The number of nitrogens with zero attached hydrogens (tertiary/aromatic N) is 2. The minimum absolute atomic E-state index is 0.0123. The zero-order valence-corrected chi connectivity index (χ0v) is 13.9. The molecular formula is C18H25N3O3. The highest BCUT2D eigenvalue weighted by molar-refractivity contribution is 5.80. The number of hydrogen-bond donors (Lipinski definition) is 1. The average Bonchev–Trinajstić information content (AvgIpc) is 3.09. The Balaban J connectivity index is 1.40. The molecule has 1 aromatic carbocycles. The van der Waals surface area contributed by atoms with E-state index in [-0.39, 0.29) is 17.7 Å². The SMILES string of the molecule is O=C(CN1CCC(C(=O)N2CCOCC2)C1)NCc1ccccc1. The van der Waals surface area contributed by atoms with Gasteiger partial charge in [0.05, 0.1) is 25.7 Å². The van der Waals surface area contributed by atoms with Gasteiger partial charge >= 0.3 is 0 Å². The maximum Gasteiger partial charge on any atom is 0.234 e. The molecule has 2 aliphatic heterocycles. The number of carbonyl (C=O) groups excluding carboxylic acids is 2. The van der Waals surface area contributed by atoms with E-state index >= 15 is 0 Å². The van der Waals surface area contributed by atoms with Crippen LogP contribution in [0.1, 0.15) is 12.0 Å². The van der Waals surface area contributed by atoms with Gasteiger partial charge in [-0.2, -0.15) is 0 Å². The van der Waals surface area contributed by atoms with Gasteiger partial charge in [-0.3, -0.25) is 14.5 Å². The number of likely N-dealkylation sites (tertiary alicyclic amines) is 1. The minimum Gasteiger partial charge on any atom is -0.378 e. The molecule has 2 saturated heterocycles. The van der Waals surface area contributed by atoms with E-state index in [0.29, 0.717) is 45.9 Å². The number of ether oxygens (including phenoxy) is 1. The van der Waals surface area contributed by atoms with Crippen LogP contribution in [0.4, 0.5) is 0 Å². The standard InChI is InChI=1S/C18H25N3O3/c22-17(19-12-15-4-2-1-3-5-15)14-20-7-6-16(13-20)18(23)21-8-10-24-11-9-21/h1-5,16H,6-14H2,(H,19,22). The molecular weight excluding hydrogens is 306 g/mol. The number of hydrogen-bond acceptors (Lipinski definition) is 4. The Morgan fingerprint density at radius 3 is 2.62 bits per heavy atom. The molecule has 0 aromatic heterocycles. The molecule has 1 unspecified atom stereocenters. The smallest absolute Gasteiger partial charge is 0.234 e. The third-order valence-corrected chi connectivity index (χ3v) is 4.64. The van der Waals surface area contributed by atoms with Crippen LogP contribution in [0.2, 0.25) is 0 Å². The van der Waals surface area contributed by atoms with Crippen molar-refractivity contribution in [2.75, 3.05) is 45.9 Å². The van der Waals surface area contributed by atoms with Gasteiger partial charge in [-0.15, -0.1) is 0 Å². The van der Waals surface area contributed by atoms with Crippen LogP contribution in [0, 0.1) is 5.92 Å². The third-order valence-electron chi connectivity index (χ3n) is 4.64. The van der Waals surface area contributed by atoms with Gasteiger partial charge in [-0.25, -0.2) is 0 Å². The van der Waals surface area contributed by atoms with Crippen LogP contribution >= 0.6 is 0 Å². The molecule has 130 valence electrons. The summed E-state index contributed by atoms with van der Waals surface area (Å²) in [6.07, 6.45) is 0.835. The summed E-state index contributed by atoms with van der Waals surface area (Å²) in [6.45, 7) is 5.02. The third kappa shape index (κ3) is 4.55. The molecule has 0 spiro atoms. The molecule has 3 rings (SSSR count). The van der Waals surface area contributed by atoms with Gasteiger partial charge in [0.25, 0.3) is 0 Å². The molecule has 2 heterocycles. The minimum atomic E-state index is 0.0123. The van der Waals surface area contributed by atoms with Crippen molar-refractivity contribution in [2.24, 2.45) is 5.92 Å². The lowest BCUT2D eigenvalue weighted by Gasteiger charge is -2.29. The maximum absolute atomic E-state index is 12.5. The van der Waals surface area contributed by atoms with Crippen LogP contribution < -0.4 is 5.32 Å². The summed E-state index contributed by atoms with van der Waals surface area (Å²) in [7, 11) is 0. The Morgan fingerprint density at radius 2 is 1.88 bits per heavy atom. The summed E-state index contributed by atoms with van der Waals surface area (Å²) in [6, 6.07) is 9.87. The van der Waals surface area contributed by atoms with E-state index in [0.717, 1.165) is 18.5 Å². The van der Waals surface area contributed by atoms with Gasteiger partial charge in [0.15, 0.2) is 0 Å². The first kappa shape index (κ1) is 16.9. The number of carbonyl (C=O) groups is 2. The number of amides is 2. The predicted octanol–water partition coefficient (Wildman–Crippen LogP) is 0.484. The molecule has 2 aliphatic rings. The molecule has 1 aromatic rings. The van der Waals surface area contributed by atoms with Crippen molar-refractivity contribution in [3.8, 4) is 0 Å². The molecule has 6 heteroatoms. The first-order valence-electron chi connectivity index (χ1n) is 8.62. The second-order valence-corrected chi connectivity index (χ2v) is 6.42. The van der Waals surface area contributed by atoms with Crippen molar-refractivity contribution in [1.82, 2.24) is 15.1 Å². The lowest BCUT2D eigenvalue weighted by molar-refractivity contribution is -0.139. The highest BCUT2D eigenvalue weighted by Gasteiger charge is 2.32. The Morgan fingerprint density at radius 1 is 1.12 bits per heavy atom. The molecule has 0 saturated carbocycles. The zero-order chi connectivity index (χ0) is 16.8. The second kappa shape index (κ2) is 8.26. The summed E-state index contributed by atoms with van der Waals surface area (Å²) in [5.74, 6) is 0.244. The fourth-order valence-corrected chi connectivity index (χ4v) is 3.28. The van der Waals surface area contributed by atoms with E-state index in [1.165, 1.54) is 0 Å².